The first-order chi connectivity index (χ1) is 9.41. The average Bonchev–Trinajstić information content (AvgIpc) is 2.41. The maximum Gasteiger partial charge on any atom is 0.283 e. The molecule has 0 unspecified atom stereocenters. The maximum atomic E-state index is 12.0. The summed E-state index contributed by atoms with van der Waals surface area (Å²) < 4.78 is 2.01. The Kier molecular flexibility index (Phi) is 6.72. The van der Waals surface area contributed by atoms with E-state index in [1.54, 1.807) is 6.20 Å². The summed E-state index contributed by atoms with van der Waals surface area (Å²) in [4.78, 5) is 12.0. The van der Waals surface area contributed by atoms with E-state index < -0.39 is 0 Å². The van der Waals surface area contributed by atoms with Crippen LogP contribution < -0.4 is 10.9 Å². The fourth-order valence-electron chi connectivity index (χ4n) is 2.09. The highest BCUT2D eigenvalue weighted by atomic mass is 79.9. The van der Waals surface area contributed by atoms with E-state index in [1.807, 2.05) is 6.92 Å². The Hall–Kier alpha value is -0.840. The first-order valence-corrected chi connectivity index (χ1v) is 8.20. The number of aryl methyl sites for hydroxylation is 1. The minimum Gasteiger partial charge on any atom is -0.382 e. The van der Waals surface area contributed by atoms with Gasteiger partial charge < -0.3 is 5.32 Å². The van der Waals surface area contributed by atoms with Crippen LogP contribution in [0.3, 0.4) is 0 Å². The van der Waals surface area contributed by atoms with Gasteiger partial charge in [0.25, 0.3) is 5.56 Å². The third kappa shape index (κ3) is 4.93. The predicted molar refractivity (Wildman–Crippen MR) is 88.3 cm³/mol. The number of hydrogen-bond donors (Lipinski definition) is 1. The van der Waals surface area contributed by atoms with Gasteiger partial charge in [0.1, 0.15) is 4.47 Å². The second-order valence-electron chi connectivity index (χ2n) is 5.97. The van der Waals surface area contributed by atoms with E-state index in [4.69, 9.17) is 0 Å². The maximum absolute atomic E-state index is 12.0. The number of nitrogens with zero attached hydrogens (tertiary/aromatic N) is 2. The Morgan fingerprint density at radius 3 is 2.65 bits per heavy atom. The van der Waals surface area contributed by atoms with Crippen LogP contribution in [-0.4, -0.2) is 16.3 Å². The average molecular weight is 344 g/mol. The molecule has 1 aromatic rings. The van der Waals surface area contributed by atoms with Gasteiger partial charge >= 0.3 is 0 Å². The van der Waals surface area contributed by atoms with Crippen LogP contribution in [-0.2, 0) is 6.54 Å². The van der Waals surface area contributed by atoms with Gasteiger partial charge in [-0.3, -0.25) is 4.79 Å². The number of unbranched alkanes of at least 4 members (excludes halogenated alkanes) is 2. The summed E-state index contributed by atoms with van der Waals surface area (Å²) in [6.07, 6.45) is 6.68. The van der Waals surface area contributed by atoms with Gasteiger partial charge in [-0.15, -0.1) is 0 Å². The van der Waals surface area contributed by atoms with Gasteiger partial charge in [-0.1, -0.05) is 40.0 Å². The molecule has 4 nitrogen and oxygen atoms in total. The van der Waals surface area contributed by atoms with E-state index in [9.17, 15) is 4.79 Å². The number of hydrogen-bond acceptors (Lipinski definition) is 3. The second-order valence-corrected chi connectivity index (χ2v) is 6.76. The van der Waals surface area contributed by atoms with Crippen molar-refractivity contribution in [1.29, 1.82) is 0 Å². The van der Waals surface area contributed by atoms with Crippen LogP contribution in [0.1, 0.15) is 53.4 Å². The van der Waals surface area contributed by atoms with E-state index >= 15 is 0 Å². The van der Waals surface area contributed by atoms with Gasteiger partial charge in [-0.25, -0.2) is 4.68 Å². The molecule has 0 aliphatic heterocycles. The molecule has 114 valence electrons. The lowest BCUT2D eigenvalue weighted by Crippen LogP contribution is -2.27. The molecule has 0 spiro atoms. The molecule has 0 aliphatic carbocycles. The topological polar surface area (TPSA) is 46.9 Å². The largest absolute Gasteiger partial charge is 0.382 e. The van der Waals surface area contributed by atoms with Crippen molar-refractivity contribution < 1.29 is 0 Å². The summed E-state index contributed by atoms with van der Waals surface area (Å²) in [5.74, 6) is 0. The number of aromatic nitrogens is 2. The molecule has 0 amide bonds. The molecule has 0 fully saturated rings. The lowest BCUT2D eigenvalue weighted by atomic mass is 9.87. The molecule has 0 atom stereocenters. The van der Waals surface area contributed by atoms with Gasteiger partial charge in [-0.05, 0) is 34.7 Å². The van der Waals surface area contributed by atoms with Crippen LogP contribution in [0.15, 0.2) is 15.5 Å². The van der Waals surface area contributed by atoms with Crippen LogP contribution in [0.5, 0.6) is 0 Å². The van der Waals surface area contributed by atoms with Crippen LogP contribution in [0.25, 0.3) is 0 Å². The Labute approximate surface area is 130 Å². The summed E-state index contributed by atoms with van der Waals surface area (Å²) in [5, 5.41) is 7.49. The minimum atomic E-state index is -0.0821. The van der Waals surface area contributed by atoms with Crippen LogP contribution in [0.4, 0.5) is 5.69 Å². The summed E-state index contributed by atoms with van der Waals surface area (Å²) in [7, 11) is 0. The number of anilines is 1. The summed E-state index contributed by atoms with van der Waals surface area (Å²) >= 11 is 3.37. The van der Waals surface area contributed by atoms with Crippen molar-refractivity contribution in [2.24, 2.45) is 5.41 Å². The SMILES string of the molecule is CCCCCC(C)(C)CNc1cnn(CC)c(=O)c1Br. The molecule has 1 rings (SSSR count). The molecule has 5 heteroatoms. The van der Waals surface area contributed by atoms with Crippen LogP contribution >= 0.6 is 15.9 Å². The lowest BCUT2D eigenvalue weighted by molar-refractivity contribution is 0.342. The highest BCUT2D eigenvalue weighted by Crippen LogP contribution is 2.25. The van der Waals surface area contributed by atoms with Crippen molar-refractivity contribution in [3.05, 3.63) is 21.0 Å². The molecule has 0 bridgehead atoms. The molecule has 0 aliphatic rings. The summed E-state index contributed by atoms with van der Waals surface area (Å²) in [6.45, 7) is 10.1. The second kappa shape index (κ2) is 7.81. The van der Waals surface area contributed by atoms with Crippen LogP contribution in [0.2, 0.25) is 0 Å². The third-order valence-corrected chi connectivity index (χ3v) is 4.27. The molecule has 0 saturated heterocycles. The quantitative estimate of drug-likeness (QED) is 0.724. The van der Waals surface area contributed by atoms with Gasteiger partial charge in [0.2, 0.25) is 0 Å². The number of nitrogens with one attached hydrogen (secondary N) is 1. The molecule has 20 heavy (non-hydrogen) atoms. The van der Waals surface area contributed by atoms with Crippen molar-refractivity contribution in [3.8, 4) is 0 Å². The van der Waals surface area contributed by atoms with E-state index in [2.05, 4.69) is 47.1 Å². The van der Waals surface area contributed by atoms with E-state index in [-0.39, 0.29) is 11.0 Å². The molecular formula is C15H26BrN3O. The van der Waals surface area contributed by atoms with Gasteiger partial charge in [0.15, 0.2) is 0 Å². The zero-order valence-electron chi connectivity index (χ0n) is 13.0. The lowest BCUT2D eigenvalue weighted by Gasteiger charge is -2.25. The molecule has 0 radical (unpaired) electrons. The molecule has 1 aromatic heterocycles. The Bertz CT molecular complexity index is 482. The third-order valence-electron chi connectivity index (χ3n) is 3.50. The zero-order chi connectivity index (χ0) is 15.2. The molecule has 1 N–H and O–H groups in total. The first-order valence-electron chi connectivity index (χ1n) is 7.40. The van der Waals surface area contributed by atoms with Crippen molar-refractivity contribution in [2.75, 3.05) is 11.9 Å². The highest BCUT2D eigenvalue weighted by molar-refractivity contribution is 9.10. The predicted octanol–water partition coefficient (Wildman–Crippen LogP) is 4.04. The molecule has 0 saturated carbocycles. The summed E-state index contributed by atoms with van der Waals surface area (Å²) in [5.41, 5.74) is 0.915. The van der Waals surface area contributed by atoms with E-state index in [0.29, 0.717) is 11.0 Å². The molecule has 0 aromatic carbocycles. The van der Waals surface area contributed by atoms with Crippen LogP contribution in [0, 0.1) is 5.41 Å². The molecular weight excluding hydrogens is 318 g/mol. The van der Waals surface area contributed by atoms with E-state index in [0.717, 1.165) is 12.2 Å². The minimum absolute atomic E-state index is 0.0821. The van der Waals surface area contributed by atoms with Gasteiger partial charge in [0.05, 0.1) is 11.9 Å². The first kappa shape index (κ1) is 17.2. The van der Waals surface area contributed by atoms with Crippen molar-refractivity contribution in [3.63, 3.8) is 0 Å². The number of rotatable bonds is 8. The zero-order valence-corrected chi connectivity index (χ0v) is 14.6. The normalized spacial score (nSPS) is 11.7. The van der Waals surface area contributed by atoms with Crippen molar-refractivity contribution >= 4 is 21.6 Å². The highest BCUT2D eigenvalue weighted by Gasteiger charge is 2.18. The van der Waals surface area contributed by atoms with E-state index in [1.165, 1.54) is 30.4 Å². The Balaban J connectivity index is 2.66. The monoisotopic (exact) mass is 343 g/mol. The number of halogens is 1. The fourth-order valence-corrected chi connectivity index (χ4v) is 2.54. The van der Waals surface area contributed by atoms with Crippen molar-refractivity contribution in [2.45, 2.75) is 59.9 Å². The standard InChI is InChI=1S/C15H26BrN3O/c1-5-7-8-9-15(3,4)11-17-12-10-18-19(6-2)14(20)13(12)16/h10,17H,5-9,11H2,1-4H3. The van der Waals surface area contributed by atoms with Gasteiger partial charge in [0, 0.05) is 13.1 Å². The Morgan fingerprint density at radius 1 is 1.35 bits per heavy atom. The Morgan fingerprint density at radius 2 is 2.05 bits per heavy atom. The summed E-state index contributed by atoms with van der Waals surface area (Å²) in [6, 6.07) is 0. The smallest absolute Gasteiger partial charge is 0.283 e. The molecule has 1 heterocycles. The fraction of sp³-hybridized carbons (Fsp3) is 0.733. The van der Waals surface area contributed by atoms with Crippen molar-refractivity contribution in [1.82, 2.24) is 9.78 Å². The van der Waals surface area contributed by atoms with Gasteiger partial charge in [-0.2, -0.15) is 5.10 Å².